The van der Waals surface area contributed by atoms with Gasteiger partial charge in [-0.25, -0.2) is 4.98 Å². The molecule has 1 amide bonds. The maximum Gasteiger partial charge on any atom is 0.258 e. The topological polar surface area (TPSA) is 46.9 Å². The number of amides is 1. The molecule has 0 atom stereocenters. The zero-order valence-corrected chi connectivity index (χ0v) is 13.1. The van der Waals surface area contributed by atoms with Gasteiger partial charge in [-0.15, -0.1) is 0 Å². The van der Waals surface area contributed by atoms with Gasteiger partial charge >= 0.3 is 0 Å². The van der Waals surface area contributed by atoms with Crippen molar-refractivity contribution in [1.82, 2.24) is 9.55 Å². The second kappa shape index (κ2) is 5.64. The molecular weight excluding hydrogens is 274 g/mol. The number of hydrogen-bond acceptors (Lipinski definition) is 2. The highest BCUT2D eigenvalue weighted by Gasteiger charge is 2.15. The Morgan fingerprint density at radius 2 is 1.91 bits per heavy atom. The fourth-order valence-electron chi connectivity index (χ4n) is 2.66. The van der Waals surface area contributed by atoms with Crippen LogP contribution < -0.4 is 5.32 Å². The lowest BCUT2D eigenvalue weighted by molar-refractivity contribution is 0.102. The molecule has 1 heterocycles. The van der Waals surface area contributed by atoms with Gasteiger partial charge < -0.3 is 4.57 Å². The van der Waals surface area contributed by atoms with Crippen LogP contribution in [-0.4, -0.2) is 15.5 Å². The lowest BCUT2D eigenvalue weighted by atomic mass is 10.0. The van der Waals surface area contributed by atoms with Crippen LogP contribution in [0.15, 0.2) is 42.5 Å². The Balaban J connectivity index is 1.99. The molecule has 3 aromatic rings. The van der Waals surface area contributed by atoms with Crippen molar-refractivity contribution >= 4 is 22.9 Å². The zero-order valence-electron chi connectivity index (χ0n) is 13.1. The molecule has 0 aliphatic rings. The van der Waals surface area contributed by atoms with E-state index in [-0.39, 0.29) is 5.91 Å². The summed E-state index contributed by atoms with van der Waals surface area (Å²) >= 11 is 0. The van der Waals surface area contributed by atoms with Crippen molar-refractivity contribution in [3.8, 4) is 0 Å². The van der Waals surface area contributed by atoms with Gasteiger partial charge in [0.15, 0.2) is 0 Å². The monoisotopic (exact) mass is 293 g/mol. The quantitative estimate of drug-likeness (QED) is 0.795. The molecule has 1 aromatic heterocycles. The number of imidazole rings is 1. The van der Waals surface area contributed by atoms with E-state index < -0.39 is 0 Å². The summed E-state index contributed by atoms with van der Waals surface area (Å²) in [5.41, 5.74) is 4.72. The van der Waals surface area contributed by atoms with Gasteiger partial charge in [0.2, 0.25) is 5.95 Å². The normalized spacial score (nSPS) is 10.9. The van der Waals surface area contributed by atoms with Crippen molar-refractivity contribution in [2.75, 3.05) is 5.32 Å². The number of aromatic nitrogens is 2. The van der Waals surface area contributed by atoms with Gasteiger partial charge in [-0.3, -0.25) is 10.1 Å². The fourth-order valence-corrected chi connectivity index (χ4v) is 2.66. The highest BCUT2D eigenvalue weighted by atomic mass is 16.1. The third kappa shape index (κ3) is 2.37. The van der Waals surface area contributed by atoms with Gasteiger partial charge in [0.05, 0.1) is 11.0 Å². The van der Waals surface area contributed by atoms with Crippen LogP contribution >= 0.6 is 0 Å². The van der Waals surface area contributed by atoms with Crippen molar-refractivity contribution in [3.05, 3.63) is 59.2 Å². The van der Waals surface area contributed by atoms with E-state index in [4.69, 9.17) is 0 Å². The number of hydrogen-bond donors (Lipinski definition) is 1. The molecule has 0 fully saturated rings. The smallest absolute Gasteiger partial charge is 0.258 e. The molecule has 1 N–H and O–H groups in total. The van der Waals surface area contributed by atoms with Crippen molar-refractivity contribution in [2.24, 2.45) is 0 Å². The second-order valence-electron chi connectivity index (χ2n) is 5.37. The van der Waals surface area contributed by atoms with E-state index in [0.29, 0.717) is 11.5 Å². The van der Waals surface area contributed by atoms with Crippen LogP contribution in [0.25, 0.3) is 11.0 Å². The van der Waals surface area contributed by atoms with Crippen LogP contribution in [0.4, 0.5) is 5.95 Å². The van der Waals surface area contributed by atoms with Crippen molar-refractivity contribution in [2.45, 2.75) is 27.3 Å². The summed E-state index contributed by atoms with van der Waals surface area (Å²) in [4.78, 5) is 17.1. The number of fused-ring (bicyclic) bond motifs is 1. The molecule has 0 unspecified atom stereocenters. The van der Waals surface area contributed by atoms with Gasteiger partial charge in [0, 0.05) is 12.1 Å². The summed E-state index contributed by atoms with van der Waals surface area (Å²) < 4.78 is 2.01. The van der Waals surface area contributed by atoms with Crippen LogP contribution in [0.1, 0.15) is 28.4 Å². The van der Waals surface area contributed by atoms with Crippen molar-refractivity contribution in [1.29, 1.82) is 0 Å². The number of para-hydroxylation sites is 2. The maximum absolute atomic E-state index is 12.6. The number of nitrogens with zero attached hydrogens (tertiary/aromatic N) is 2. The Morgan fingerprint density at radius 1 is 1.14 bits per heavy atom. The molecule has 2 aromatic carbocycles. The summed E-state index contributed by atoms with van der Waals surface area (Å²) in [6.07, 6.45) is 0. The first-order chi connectivity index (χ1) is 10.6. The SMILES string of the molecule is CCn1c(NC(=O)c2cccc(C)c2C)nc2ccccc21. The molecule has 0 spiro atoms. The Bertz CT molecular complexity index is 849. The predicted octanol–water partition coefficient (Wildman–Crippen LogP) is 3.93. The van der Waals surface area contributed by atoms with Gasteiger partial charge in [0.1, 0.15) is 0 Å². The Kier molecular flexibility index (Phi) is 3.67. The largest absolute Gasteiger partial charge is 0.310 e. The summed E-state index contributed by atoms with van der Waals surface area (Å²) in [6, 6.07) is 13.6. The fraction of sp³-hybridized carbons (Fsp3) is 0.222. The van der Waals surface area contributed by atoms with Crippen LogP contribution in [0, 0.1) is 13.8 Å². The first-order valence-electron chi connectivity index (χ1n) is 7.44. The Hall–Kier alpha value is -2.62. The predicted molar refractivity (Wildman–Crippen MR) is 89.3 cm³/mol. The summed E-state index contributed by atoms with van der Waals surface area (Å²) in [5.74, 6) is 0.473. The van der Waals surface area contributed by atoms with E-state index in [1.54, 1.807) is 0 Å². The molecule has 0 radical (unpaired) electrons. The molecule has 112 valence electrons. The average molecular weight is 293 g/mol. The molecule has 4 heteroatoms. The zero-order chi connectivity index (χ0) is 15.7. The molecule has 0 saturated heterocycles. The first-order valence-corrected chi connectivity index (χ1v) is 7.44. The van der Waals surface area contributed by atoms with E-state index in [9.17, 15) is 4.79 Å². The molecule has 0 bridgehead atoms. The van der Waals surface area contributed by atoms with Gasteiger partial charge in [-0.1, -0.05) is 24.3 Å². The lowest BCUT2D eigenvalue weighted by Crippen LogP contribution is -2.17. The number of carbonyl (C=O) groups is 1. The number of nitrogens with one attached hydrogen (secondary N) is 1. The number of aryl methyl sites for hydroxylation is 2. The lowest BCUT2D eigenvalue weighted by Gasteiger charge is -2.10. The van der Waals surface area contributed by atoms with Crippen molar-refractivity contribution in [3.63, 3.8) is 0 Å². The van der Waals surface area contributed by atoms with E-state index in [2.05, 4.69) is 10.3 Å². The third-order valence-electron chi connectivity index (χ3n) is 4.05. The molecule has 0 aliphatic heterocycles. The van der Waals surface area contributed by atoms with E-state index in [1.165, 1.54) is 0 Å². The number of carbonyl (C=O) groups excluding carboxylic acids is 1. The molecule has 0 aliphatic carbocycles. The Morgan fingerprint density at radius 3 is 2.68 bits per heavy atom. The number of anilines is 1. The average Bonchev–Trinajstić information content (AvgIpc) is 2.86. The van der Waals surface area contributed by atoms with E-state index >= 15 is 0 Å². The third-order valence-corrected chi connectivity index (χ3v) is 4.05. The number of benzene rings is 2. The highest BCUT2D eigenvalue weighted by Crippen LogP contribution is 2.21. The Labute approximate surface area is 129 Å². The minimum atomic E-state index is -0.119. The summed E-state index contributed by atoms with van der Waals surface area (Å²) in [6.45, 7) is 6.77. The van der Waals surface area contributed by atoms with Gasteiger partial charge in [0.25, 0.3) is 5.91 Å². The summed E-state index contributed by atoms with van der Waals surface area (Å²) in [5, 5.41) is 2.95. The highest BCUT2D eigenvalue weighted by molar-refractivity contribution is 6.05. The maximum atomic E-state index is 12.6. The molecule has 0 saturated carbocycles. The van der Waals surface area contributed by atoms with Crippen LogP contribution in [-0.2, 0) is 6.54 Å². The second-order valence-corrected chi connectivity index (χ2v) is 5.37. The molecule has 4 nitrogen and oxygen atoms in total. The molecule has 22 heavy (non-hydrogen) atoms. The first kappa shape index (κ1) is 14.3. The summed E-state index contributed by atoms with van der Waals surface area (Å²) in [7, 11) is 0. The van der Waals surface area contributed by atoms with Gasteiger partial charge in [-0.2, -0.15) is 0 Å². The van der Waals surface area contributed by atoms with E-state index in [0.717, 1.165) is 28.7 Å². The van der Waals surface area contributed by atoms with Gasteiger partial charge in [-0.05, 0) is 50.1 Å². The molecular formula is C18H19N3O. The number of rotatable bonds is 3. The van der Waals surface area contributed by atoms with E-state index in [1.807, 2.05) is 67.8 Å². The standard InChI is InChI=1S/C18H19N3O/c1-4-21-16-11-6-5-10-15(16)19-18(21)20-17(22)14-9-7-8-12(2)13(14)3/h5-11H,4H2,1-3H3,(H,19,20,22). The van der Waals surface area contributed by atoms with Crippen molar-refractivity contribution < 1.29 is 4.79 Å². The van der Waals surface area contributed by atoms with Crippen LogP contribution in [0.5, 0.6) is 0 Å². The minimum absolute atomic E-state index is 0.119. The minimum Gasteiger partial charge on any atom is -0.310 e. The van der Waals surface area contributed by atoms with Crippen LogP contribution in [0.2, 0.25) is 0 Å². The molecule has 3 rings (SSSR count). The van der Waals surface area contributed by atoms with Crippen LogP contribution in [0.3, 0.4) is 0 Å².